The zero-order chi connectivity index (χ0) is 28.6. The minimum atomic E-state index is -1.52. The van der Waals surface area contributed by atoms with E-state index in [0.29, 0.717) is 16.9 Å². The molecule has 18 heteroatoms. The average Bonchev–Trinajstić information content (AvgIpc) is 3.59. The molecule has 0 aliphatic carbocycles. The number of thioether (sulfide) groups is 2. The largest absolute Gasteiger partial charge is 1.00 e. The zero-order valence-electron chi connectivity index (χ0n) is 21.4. The van der Waals surface area contributed by atoms with E-state index in [0.717, 1.165) is 28.0 Å². The third kappa shape index (κ3) is 6.19. The summed E-state index contributed by atoms with van der Waals surface area (Å²) in [4.78, 5) is 51.9. The second-order valence-electron chi connectivity index (χ2n) is 8.28. The Labute approximate surface area is 266 Å². The van der Waals surface area contributed by atoms with Crippen molar-refractivity contribution in [2.75, 3.05) is 24.3 Å². The number of amides is 2. The SMILES string of the molecule is CON=C(C(=O)N[C@@H]1C(=O)N2C(C(=O)[O-])=C(CSc3ncc(-c4ccc(O)c(O)c4)o3)CS[C@@H]12)c1csc(N)n1.[Na+]. The van der Waals surface area contributed by atoms with Crippen molar-refractivity contribution in [3.63, 3.8) is 0 Å². The summed E-state index contributed by atoms with van der Waals surface area (Å²) >= 11 is 3.50. The van der Waals surface area contributed by atoms with Crippen LogP contribution in [-0.4, -0.2) is 78.6 Å². The Bertz CT molecular complexity index is 1570. The van der Waals surface area contributed by atoms with Crippen molar-refractivity contribution < 1.29 is 68.5 Å². The van der Waals surface area contributed by atoms with Crippen LogP contribution in [0.4, 0.5) is 5.13 Å². The molecule has 1 fully saturated rings. The first-order valence-corrected chi connectivity index (χ1v) is 14.2. The molecule has 0 bridgehead atoms. The minimum absolute atomic E-state index is 0. The Morgan fingerprint density at radius 3 is 2.80 bits per heavy atom. The van der Waals surface area contributed by atoms with Gasteiger partial charge in [-0.25, -0.2) is 9.97 Å². The number of anilines is 1. The van der Waals surface area contributed by atoms with Gasteiger partial charge in [-0.15, -0.1) is 23.1 Å². The number of phenols is 2. The molecule has 2 aliphatic rings. The molecule has 0 saturated carbocycles. The Morgan fingerprint density at radius 2 is 2.15 bits per heavy atom. The van der Waals surface area contributed by atoms with Crippen LogP contribution in [0.15, 0.2) is 55.8 Å². The van der Waals surface area contributed by atoms with E-state index >= 15 is 0 Å². The molecule has 0 radical (unpaired) electrons. The van der Waals surface area contributed by atoms with Gasteiger partial charge >= 0.3 is 29.6 Å². The van der Waals surface area contributed by atoms with Gasteiger partial charge in [-0.1, -0.05) is 16.9 Å². The third-order valence-electron chi connectivity index (χ3n) is 5.80. The standard InChI is InChI=1S/C23H20N6O8S3.Na/c1-36-28-15(11-8-39-22(24)26-11)18(32)27-16-19(33)29-17(21(34)35)10(6-38-20(16)29)7-40-23-25-5-14(37-23)9-2-3-12(30)13(31)4-9;/h2-5,8,16,20,30-31H,6-7H2,1H3,(H2,24,26)(H,27,32)(H,34,35);/q;+1/p-1/t16-,20+;/m1./s1. The van der Waals surface area contributed by atoms with Gasteiger partial charge in [0.1, 0.15) is 24.2 Å². The quantitative estimate of drug-likeness (QED) is 0.0477. The average molecular weight is 627 g/mol. The molecule has 5 N–H and O–H groups in total. The number of nitrogens with zero attached hydrogens (tertiary/aromatic N) is 4. The van der Waals surface area contributed by atoms with Crippen LogP contribution < -0.4 is 45.7 Å². The fourth-order valence-electron chi connectivity index (χ4n) is 3.97. The Balaban J connectivity index is 0.00000387. The van der Waals surface area contributed by atoms with Crippen molar-refractivity contribution in [1.82, 2.24) is 20.2 Å². The second kappa shape index (κ2) is 12.7. The maximum absolute atomic E-state index is 13.0. The van der Waals surface area contributed by atoms with Crippen LogP contribution in [-0.2, 0) is 19.2 Å². The Kier molecular flexibility index (Phi) is 9.55. The molecule has 2 amide bonds. The molecular weight excluding hydrogens is 607 g/mol. The van der Waals surface area contributed by atoms with Gasteiger partial charge in [0.15, 0.2) is 28.1 Å². The Hall–Kier alpha value is -3.22. The summed E-state index contributed by atoms with van der Waals surface area (Å²) in [7, 11) is 1.25. The number of thiazole rings is 1. The molecule has 4 heterocycles. The van der Waals surface area contributed by atoms with Gasteiger partial charge < -0.3 is 40.4 Å². The second-order valence-corrected chi connectivity index (χ2v) is 11.2. The summed E-state index contributed by atoms with van der Waals surface area (Å²) in [6.07, 6.45) is 1.43. The molecule has 1 saturated heterocycles. The number of carbonyl (C=O) groups is 3. The maximum Gasteiger partial charge on any atom is 1.00 e. The molecule has 2 aliphatic heterocycles. The number of β-lactam (4-membered cyclic amide) rings is 1. The van der Waals surface area contributed by atoms with E-state index in [-0.39, 0.29) is 80.0 Å². The van der Waals surface area contributed by atoms with E-state index in [9.17, 15) is 29.7 Å². The van der Waals surface area contributed by atoms with Gasteiger partial charge in [-0.2, -0.15) is 0 Å². The smallest absolute Gasteiger partial charge is 0.543 e. The fraction of sp³-hybridized carbons (Fsp3) is 0.217. The maximum atomic E-state index is 13.0. The Morgan fingerprint density at radius 1 is 1.37 bits per heavy atom. The number of hydrogen-bond acceptors (Lipinski definition) is 15. The predicted octanol–water partition coefficient (Wildman–Crippen LogP) is -2.66. The van der Waals surface area contributed by atoms with Crippen molar-refractivity contribution in [1.29, 1.82) is 0 Å². The topological polar surface area (TPSA) is 217 Å². The number of carbonyl (C=O) groups excluding carboxylic acids is 3. The monoisotopic (exact) mass is 626 g/mol. The van der Waals surface area contributed by atoms with E-state index in [1.54, 1.807) is 6.07 Å². The van der Waals surface area contributed by atoms with Gasteiger partial charge in [-0.3, -0.25) is 14.5 Å². The first kappa shape index (κ1) is 30.7. The first-order chi connectivity index (χ1) is 19.2. The van der Waals surface area contributed by atoms with Gasteiger partial charge in [0.2, 0.25) is 0 Å². The van der Waals surface area contributed by atoms with E-state index in [1.807, 2.05) is 0 Å². The number of aromatic hydroxyl groups is 2. The summed E-state index contributed by atoms with van der Waals surface area (Å²) in [5.74, 6) is -2.74. The number of hydrogen-bond donors (Lipinski definition) is 4. The number of phenolic OH excluding ortho intramolecular Hbond substituents is 2. The predicted molar refractivity (Wildman–Crippen MR) is 143 cm³/mol. The number of fused-ring (bicyclic) bond motifs is 1. The van der Waals surface area contributed by atoms with E-state index in [2.05, 4.69) is 20.4 Å². The summed E-state index contributed by atoms with van der Waals surface area (Å²) in [5.41, 5.74) is 6.28. The number of oxime groups is 1. The molecule has 41 heavy (non-hydrogen) atoms. The summed E-state index contributed by atoms with van der Waals surface area (Å²) < 4.78 is 5.68. The minimum Gasteiger partial charge on any atom is -0.543 e. The molecule has 14 nitrogen and oxygen atoms in total. The van der Waals surface area contributed by atoms with Crippen molar-refractivity contribution in [2.24, 2.45) is 5.16 Å². The van der Waals surface area contributed by atoms with Gasteiger partial charge in [0, 0.05) is 22.4 Å². The normalized spacial score (nSPS) is 18.3. The van der Waals surface area contributed by atoms with Crippen molar-refractivity contribution in [2.45, 2.75) is 16.6 Å². The number of nitrogen functional groups attached to an aromatic ring is 1. The molecule has 3 aromatic rings. The van der Waals surface area contributed by atoms with E-state index in [1.165, 1.54) is 42.6 Å². The van der Waals surface area contributed by atoms with Crippen LogP contribution >= 0.6 is 34.9 Å². The van der Waals surface area contributed by atoms with Crippen LogP contribution in [0.5, 0.6) is 11.5 Å². The molecule has 0 spiro atoms. The first-order valence-electron chi connectivity index (χ1n) is 11.3. The molecule has 208 valence electrons. The summed E-state index contributed by atoms with van der Waals surface area (Å²) in [6, 6.07) is 3.17. The number of benzene rings is 1. The number of carboxylic acids is 1. The number of carboxylic acid groups (broad SMARTS) is 1. The number of nitrogens with one attached hydrogen (secondary N) is 1. The van der Waals surface area contributed by atoms with Crippen LogP contribution in [0.25, 0.3) is 11.3 Å². The number of oxazole rings is 1. The van der Waals surface area contributed by atoms with Crippen LogP contribution in [0.1, 0.15) is 5.69 Å². The van der Waals surface area contributed by atoms with Crippen LogP contribution in [0.3, 0.4) is 0 Å². The van der Waals surface area contributed by atoms with Crippen LogP contribution in [0.2, 0.25) is 0 Å². The number of rotatable bonds is 9. The van der Waals surface area contributed by atoms with E-state index < -0.39 is 29.2 Å². The van der Waals surface area contributed by atoms with Crippen LogP contribution in [0, 0.1) is 0 Å². The molecular formula is C23H19N6NaO8S3. The van der Waals surface area contributed by atoms with Crippen molar-refractivity contribution in [3.8, 4) is 22.8 Å². The number of aromatic nitrogens is 2. The van der Waals surface area contributed by atoms with Gasteiger partial charge in [-0.05, 0) is 23.8 Å². The molecule has 5 rings (SSSR count). The molecule has 2 aromatic heterocycles. The van der Waals surface area contributed by atoms with Gasteiger partial charge in [0.05, 0.1) is 17.9 Å². The summed E-state index contributed by atoms with van der Waals surface area (Å²) in [6.45, 7) is 0. The molecule has 0 unspecified atom stereocenters. The van der Waals surface area contributed by atoms with Crippen molar-refractivity contribution >= 4 is 63.5 Å². The fourth-order valence-corrected chi connectivity index (χ4v) is 6.80. The molecule has 2 atom stereocenters. The number of nitrogens with two attached hydrogens (primary N) is 1. The zero-order valence-corrected chi connectivity index (χ0v) is 25.8. The van der Waals surface area contributed by atoms with Gasteiger partial charge in [0.25, 0.3) is 17.0 Å². The van der Waals surface area contributed by atoms with Crippen molar-refractivity contribution in [3.05, 3.63) is 46.7 Å². The number of aliphatic carboxylic acids is 1. The van der Waals surface area contributed by atoms with E-state index in [4.69, 9.17) is 15.0 Å². The molecule has 1 aromatic carbocycles. The summed E-state index contributed by atoms with van der Waals surface area (Å²) in [5, 5.41) is 38.8. The third-order valence-corrected chi connectivity index (χ3v) is 8.75.